The molecule has 0 saturated carbocycles. The molecule has 0 fully saturated rings. The van der Waals surface area contributed by atoms with Gasteiger partial charge in [-0.15, -0.1) is 11.3 Å². The van der Waals surface area contributed by atoms with Crippen molar-refractivity contribution < 1.29 is 4.65 Å². The van der Waals surface area contributed by atoms with Crippen LogP contribution in [0, 0.1) is 0 Å². The molecule has 0 unspecified atom stereocenters. The molecule has 0 aliphatic rings. The van der Waals surface area contributed by atoms with Crippen molar-refractivity contribution in [2.24, 2.45) is 0 Å². The Labute approximate surface area is 128 Å². The van der Waals surface area contributed by atoms with Crippen molar-refractivity contribution in [3.05, 3.63) is 23.7 Å². The fourth-order valence-electron chi connectivity index (χ4n) is 1.68. The summed E-state index contributed by atoms with van der Waals surface area (Å²) in [5, 5.41) is 2.07. The molecule has 2 aromatic heterocycles. The predicted octanol–water partition coefficient (Wildman–Crippen LogP) is 4.99. The summed E-state index contributed by atoms with van der Waals surface area (Å²) < 4.78 is 7.14. The summed E-state index contributed by atoms with van der Waals surface area (Å²) in [6, 6.07) is 4.21. The molecule has 0 radical (unpaired) electrons. The van der Waals surface area contributed by atoms with Crippen molar-refractivity contribution >= 4 is 33.9 Å². The van der Waals surface area contributed by atoms with E-state index in [1.807, 2.05) is 40.0 Å². The first kappa shape index (κ1) is 19.1. The van der Waals surface area contributed by atoms with Crippen LogP contribution < -0.4 is 5.46 Å². The minimum atomic E-state index is -0.121. The maximum Gasteiger partial charge on any atom is 0.325 e. The Morgan fingerprint density at radius 2 is 1.75 bits per heavy atom. The van der Waals surface area contributed by atoms with Crippen molar-refractivity contribution in [1.29, 1.82) is 0 Å². The maximum absolute atomic E-state index is 5.91. The molecule has 2 aromatic rings. The van der Waals surface area contributed by atoms with Crippen LogP contribution >= 0.6 is 11.3 Å². The van der Waals surface area contributed by atoms with E-state index < -0.39 is 0 Å². The molecule has 0 bridgehead atoms. The number of hydrogen-bond acceptors (Lipinski definition) is 3. The number of hydrogen-bond donors (Lipinski definition) is 0. The molecule has 0 aliphatic heterocycles. The van der Waals surface area contributed by atoms with E-state index in [4.69, 9.17) is 4.65 Å². The van der Waals surface area contributed by atoms with Gasteiger partial charge in [-0.25, -0.2) is 0 Å². The van der Waals surface area contributed by atoms with Gasteiger partial charge in [0.15, 0.2) is 0 Å². The van der Waals surface area contributed by atoms with Crippen LogP contribution in [0.15, 0.2) is 23.7 Å². The molecule has 2 nitrogen and oxygen atoms in total. The fourth-order valence-corrected chi connectivity index (χ4v) is 2.47. The van der Waals surface area contributed by atoms with Crippen LogP contribution in [0.5, 0.6) is 0 Å². The third-order valence-corrected chi connectivity index (χ3v) is 3.18. The second kappa shape index (κ2) is 9.14. The molecule has 0 amide bonds. The first-order chi connectivity index (χ1) is 9.46. The van der Waals surface area contributed by atoms with Gasteiger partial charge in [0, 0.05) is 11.8 Å². The summed E-state index contributed by atoms with van der Waals surface area (Å²) >= 11 is 1.72. The number of fused-ring (bicyclic) bond motifs is 1. The molecule has 0 aliphatic carbocycles. The van der Waals surface area contributed by atoms with E-state index in [0.717, 1.165) is 11.0 Å². The van der Waals surface area contributed by atoms with Crippen molar-refractivity contribution in [1.82, 2.24) is 4.98 Å². The highest BCUT2D eigenvalue weighted by molar-refractivity contribution is 7.17. The van der Waals surface area contributed by atoms with Gasteiger partial charge in [-0.05, 0) is 43.7 Å². The summed E-state index contributed by atoms with van der Waals surface area (Å²) in [6.45, 7) is 16.4. The van der Waals surface area contributed by atoms with Gasteiger partial charge in [0.05, 0.1) is 10.2 Å². The lowest BCUT2D eigenvalue weighted by Gasteiger charge is -2.23. The maximum atomic E-state index is 5.91. The van der Waals surface area contributed by atoms with Crippen LogP contribution in [0.3, 0.4) is 0 Å². The number of nitrogens with zero attached hydrogens (tertiary/aromatic N) is 1. The Hall–Kier alpha value is -0.865. The van der Waals surface area contributed by atoms with E-state index in [1.165, 1.54) is 4.70 Å². The minimum Gasteiger partial charge on any atom is -0.427 e. The van der Waals surface area contributed by atoms with Crippen LogP contribution in [-0.2, 0) is 4.65 Å². The Bertz CT molecular complexity index is 490. The number of aromatic nitrogens is 1. The molecule has 0 saturated heterocycles. The van der Waals surface area contributed by atoms with Gasteiger partial charge in [0.1, 0.15) is 0 Å². The normalized spacial score (nSPS) is 10.2. The summed E-state index contributed by atoms with van der Waals surface area (Å²) in [5.41, 5.74) is 2.09. The topological polar surface area (TPSA) is 22.1 Å². The van der Waals surface area contributed by atoms with Gasteiger partial charge in [-0.2, -0.15) is 0 Å². The average molecular weight is 293 g/mol. The molecule has 4 heteroatoms. The first-order valence-corrected chi connectivity index (χ1v) is 8.35. The van der Waals surface area contributed by atoms with Crippen molar-refractivity contribution in [2.45, 2.75) is 60.9 Å². The molecule has 20 heavy (non-hydrogen) atoms. The quantitative estimate of drug-likeness (QED) is 0.727. The molecule has 0 aromatic carbocycles. The number of rotatable bonds is 2. The van der Waals surface area contributed by atoms with Crippen molar-refractivity contribution in [2.75, 3.05) is 0 Å². The molecular weight excluding hydrogens is 265 g/mol. The highest BCUT2D eigenvalue weighted by Crippen LogP contribution is 2.17. The smallest absolute Gasteiger partial charge is 0.325 e. The zero-order valence-electron chi connectivity index (χ0n) is 14.2. The zero-order valence-corrected chi connectivity index (χ0v) is 15.0. The third-order valence-electron chi connectivity index (χ3n) is 2.32. The van der Waals surface area contributed by atoms with E-state index in [2.05, 4.69) is 44.0 Å². The SMILES string of the molecule is CB(OC(C)(C)C)c1cnc2ccsc2c1.CC.CC. The second-order valence-corrected chi connectivity index (χ2v) is 5.89. The summed E-state index contributed by atoms with van der Waals surface area (Å²) in [4.78, 5) is 4.42. The van der Waals surface area contributed by atoms with Crippen LogP contribution in [0.2, 0.25) is 6.82 Å². The lowest BCUT2D eigenvalue weighted by Crippen LogP contribution is -2.37. The van der Waals surface area contributed by atoms with E-state index in [-0.39, 0.29) is 12.5 Å². The Balaban J connectivity index is 0.000000829. The van der Waals surface area contributed by atoms with E-state index >= 15 is 0 Å². The summed E-state index contributed by atoms with van der Waals surface area (Å²) in [5.74, 6) is 0. The van der Waals surface area contributed by atoms with E-state index in [9.17, 15) is 0 Å². The van der Waals surface area contributed by atoms with Gasteiger partial charge >= 0.3 is 6.92 Å². The largest absolute Gasteiger partial charge is 0.427 e. The monoisotopic (exact) mass is 293 g/mol. The van der Waals surface area contributed by atoms with Gasteiger partial charge in [-0.3, -0.25) is 4.98 Å². The minimum absolute atomic E-state index is 0.0824. The number of pyridine rings is 1. The predicted molar refractivity (Wildman–Crippen MR) is 94.4 cm³/mol. The lowest BCUT2D eigenvalue weighted by atomic mass is 9.63. The Morgan fingerprint density at radius 3 is 2.30 bits per heavy atom. The van der Waals surface area contributed by atoms with Gasteiger partial charge in [0.2, 0.25) is 0 Å². The van der Waals surface area contributed by atoms with Crippen LogP contribution in [0.25, 0.3) is 10.2 Å². The molecule has 0 spiro atoms. The van der Waals surface area contributed by atoms with Crippen molar-refractivity contribution in [3.63, 3.8) is 0 Å². The van der Waals surface area contributed by atoms with Crippen LogP contribution in [0.1, 0.15) is 48.5 Å². The zero-order chi connectivity index (χ0) is 15.8. The highest BCUT2D eigenvalue weighted by atomic mass is 32.1. The number of thiophene rings is 1. The molecular formula is C16H28BNOS. The summed E-state index contributed by atoms with van der Waals surface area (Å²) in [6.07, 6.45) is 1.91. The van der Waals surface area contributed by atoms with Crippen LogP contribution in [-0.4, -0.2) is 17.5 Å². The first-order valence-electron chi connectivity index (χ1n) is 7.47. The van der Waals surface area contributed by atoms with E-state index in [0.29, 0.717) is 0 Å². The summed E-state index contributed by atoms with van der Waals surface area (Å²) in [7, 11) is 0. The van der Waals surface area contributed by atoms with Gasteiger partial charge in [0.25, 0.3) is 0 Å². The molecule has 0 atom stereocenters. The van der Waals surface area contributed by atoms with Gasteiger partial charge < -0.3 is 4.65 Å². The average Bonchev–Trinajstić information content (AvgIpc) is 2.88. The molecule has 0 N–H and O–H groups in total. The Kier molecular flexibility index (Phi) is 8.75. The van der Waals surface area contributed by atoms with E-state index in [1.54, 1.807) is 11.3 Å². The van der Waals surface area contributed by atoms with Gasteiger partial charge in [-0.1, -0.05) is 34.5 Å². The second-order valence-electron chi connectivity index (χ2n) is 4.95. The lowest BCUT2D eigenvalue weighted by molar-refractivity contribution is 0.134. The fraction of sp³-hybridized carbons (Fsp3) is 0.562. The molecule has 2 heterocycles. The highest BCUT2D eigenvalue weighted by Gasteiger charge is 2.20. The third kappa shape index (κ3) is 6.06. The Morgan fingerprint density at radius 1 is 1.15 bits per heavy atom. The van der Waals surface area contributed by atoms with Crippen molar-refractivity contribution in [3.8, 4) is 0 Å². The molecule has 112 valence electrons. The van der Waals surface area contributed by atoms with Crippen LogP contribution in [0.4, 0.5) is 0 Å². The molecule has 2 rings (SSSR count). The standard InChI is InChI=1S/C12H16BNOS.2C2H6/c1-12(2,3)15-13(4)9-7-11-10(14-8-9)5-6-16-11;2*1-2/h5-8H,1-4H3;2*1-2H3.